The average Bonchev–Trinajstić information content (AvgIpc) is 2.67. The van der Waals surface area contributed by atoms with Crippen molar-refractivity contribution in [2.75, 3.05) is 5.32 Å². The zero-order valence-corrected chi connectivity index (χ0v) is 10.1. The number of rotatable bonds is 3. The molecule has 1 aliphatic carbocycles. The van der Waals surface area contributed by atoms with E-state index in [1.807, 2.05) is 0 Å². The normalized spacial score (nSPS) is 21.6. The number of hydrogen-bond acceptors (Lipinski definition) is 3. The maximum atomic E-state index is 12.6. The van der Waals surface area contributed by atoms with Crippen molar-refractivity contribution < 1.29 is 13.6 Å². The number of hydrogen-bond donors (Lipinski definition) is 1. The minimum absolute atomic E-state index is 0.261. The van der Waals surface area contributed by atoms with Crippen LogP contribution in [0.5, 0.6) is 0 Å². The predicted molar refractivity (Wildman–Crippen MR) is 57.1 cm³/mol. The molecular formula is C8H8Cl2F2N4O. The summed E-state index contributed by atoms with van der Waals surface area (Å²) < 4.78 is 25.1. The van der Waals surface area contributed by atoms with Gasteiger partial charge in [-0.05, 0) is 6.42 Å². The molecule has 1 atom stereocenters. The lowest BCUT2D eigenvalue weighted by atomic mass is 10.3. The molecule has 1 N–H and O–H groups in total. The van der Waals surface area contributed by atoms with E-state index in [0.717, 1.165) is 4.68 Å². The summed E-state index contributed by atoms with van der Waals surface area (Å²) >= 11 is 11.4. The molecule has 1 aromatic heterocycles. The second-order valence-electron chi connectivity index (χ2n) is 3.75. The number of carbonyl (C=O) groups excluding carboxylic acids is 1. The summed E-state index contributed by atoms with van der Waals surface area (Å²) in [6.45, 7) is 0. The molecule has 0 spiro atoms. The van der Waals surface area contributed by atoms with Crippen LogP contribution in [0.15, 0.2) is 0 Å². The van der Waals surface area contributed by atoms with E-state index in [4.69, 9.17) is 23.2 Å². The van der Waals surface area contributed by atoms with Crippen molar-refractivity contribution in [3.05, 3.63) is 5.69 Å². The number of carbonyl (C=O) groups is 1. The van der Waals surface area contributed by atoms with Crippen molar-refractivity contribution in [1.29, 1.82) is 0 Å². The van der Waals surface area contributed by atoms with Crippen molar-refractivity contribution in [3.63, 3.8) is 0 Å². The van der Waals surface area contributed by atoms with Crippen LogP contribution in [0.4, 0.5) is 14.6 Å². The Morgan fingerprint density at radius 3 is 2.71 bits per heavy atom. The Bertz CT molecular complexity index is 462. The molecule has 2 rings (SSSR count). The lowest BCUT2D eigenvalue weighted by molar-refractivity contribution is -0.117. The summed E-state index contributed by atoms with van der Waals surface area (Å²) in [5, 5.41) is 9.11. The van der Waals surface area contributed by atoms with E-state index in [-0.39, 0.29) is 5.82 Å². The molecular weight excluding hydrogens is 277 g/mol. The Kier molecular flexibility index (Phi) is 2.99. The first kappa shape index (κ1) is 12.5. The van der Waals surface area contributed by atoms with Gasteiger partial charge < -0.3 is 5.32 Å². The van der Waals surface area contributed by atoms with Gasteiger partial charge in [0, 0.05) is 7.05 Å². The Morgan fingerprint density at radius 1 is 1.65 bits per heavy atom. The fraction of sp³-hybridized carbons (Fsp3) is 0.625. The topological polar surface area (TPSA) is 59.8 Å². The molecule has 0 saturated heterocycles. The van der Waals surface area contributed by atoms with E-state index in [0.29, 0.717) is 6.42 Å². The molecule has 17 heavy (non-hydrogen) atoms. The quantitative estimate of drug-likeness (QED) is 0.863. The summed E-state index contributed by atoms with van der Waals surface area (Å²) in [7, 11) is 1.31. The fourth-order valence-electron chi connectivity index (χ4n) is 1.40. The van der Waals surface area contributed by atoms with Gasteiger partial charge in [-0.2, -0.15) is 0 Å². The molecule has 1 heterocycles. The van der Waals surface area contributed by atoms with Gasteiger partial charge in [0.2, 0.25) is 5.91 Å². The van der Waals surface area contributed by atoms with Gasteiger partial charge in [0.05, 0.1) is 5.92 Å². The van der Waals surface area contributed by atoms with Crippen LogP contribution in [-0.2, 0) is 11.8 Å². The molecule has 94 valence electrons. The zero-order chi connectivity index (χ0) is 12.8. The molecule has 1 aromatic rings. The van der Waals surface area contributed by atoms with Gasteiger partial charge in [0.15, 0.2) is 5.82 Å². The van der Waals surface area contributed by atoms with E-state index in [9.17, 15) is 13.6 Å². The maximum absolute atomic E-state index is 12.6. The minimum atomic E-state index is -2.78. The lowest BCUT2D eigenvalue weighted by Gasteiger charge is -2.04. The van der Waals surface area contributed by atoms with Gasteiger partial charge in [-0.1, -0.05) is 5.21 Å². The van der Waals surface area contributed by atoms with Crippen LogP contribution >= 0.6 is 23.2 Å². The van der Waals surface area contributed by atoms with Crippen LogP contribution in [0.1, 0.15) is 18.5 Å². The summed E-state index contributed by atoms with van der Waals surface area (Å²) in [5.74, 6) is -1.39. The third-order valence-electron chi connectivity index (χ3n) is 2.46. The van der Waals surface area contributed by atoms with Crippen molar-refractivity contribution in [2.24, 2.45) is 13.0 Å². The van der Waals surface area contributed by atoms with E-state index >= 15 is 0 Å². The van der Waals surface area contributed by atoms with Gasteiger partial charge in [0.25, 0.3) is 6.43 Å². The first-order chi connectivity index (χ1) is 7.83. The van der Waals surface area contributed by atoms with Crippen LogP contribution in [0.2, 0.25) is 0 Å². The second-order valence-corrected chi connectivity index (χ2v) is 5.30. The molecule has 1 saturated carbocycles. The van der Waals surface area contributed by atoms with Gasteiger partial charge >= 0.3 is 0 Å². The molecule has 0 radical (unpaired) electrons. The number of aromatic nitrogens is 3. The Balaban J connectivity index is 2.12. The SMILES string of the molecule is Cn1nnc(NC(=O)C2CC2(Cl)Cl)c1C(F)F. The maximum Gasteiger partial charge on any atom is 0.283 e. The zero-order valence-electron chi connectivity index (χ0n) is 8.62. The Labute approximate surface area is 105 Å². The molecule has 1 amide bonds. The number of nitrogens with zero attached hydrogens (tertiary/aromatic N) is 3. The fourth-order valence-corrected chi connectivity index (χ4v) is 1.91. The minimum Gasteiger partial charge on any atom is -0.307 e. The predicted octanol–water partition coefficient (Wildman–Crippen LogP) is 1.89. The number of alkyl halides is 4. The highest BCUT2D eigenvalue weighted by Gasteiger charge is 2.56. The van der Waals surface area contributed by atoms with Gasteiger partial charge in [-0.25, -0.2) is 13.5 Å². The average molecular weight is 285 g/mol. The molecule has 0 aliphatic heterocycles. The number of anilines is 1. The van der Waals surface area contributed by atoms with Crippen molar-refractivity contribution in [1.82, 2.24) is 15.0 Å². The number of amides is 1. The van der Waals surface area contributed by atoms with E-state index in [1.165, 1.54) is 7.05 Å². The highest BCUT2D eigenvalue weighted by molar-refractivity contribution is 6.52. The molecule has 5 nitrogen and oxygen atoms in total. The smallest absolute Gasteiger partial charge is 0.283 e. The van der Waals surface area contributed by atoms with Crippen LogP contribution in [-0.4, -0.2) is 25.2 Å². The summed E-state index contributed by atoms with van der Waals surface area (Å²) in [5.41, 5.74) is -0.450. The second kappa shape index (κ2) is 4.06. The van der Waals surface area contributed by atoms with Crippen molar-refractivity contribution in [3.8, 4) is 0 Å². The van der Waals surface area contributed by atoms with Crippen LogP contribution in [0.3, 0.4) is 0 Å². The van der Waals surface area contributed by atoms with Gasteiger partial charge in [-0.3, -0.25) is 4.79 Å². The molecule has 1 unspecified atom stereocenters. The van der Waals surface area contributed by atoms with E-state index in [1.54, 1.807) is 0 Å². The molecule has 9 heteroatoms. The summed E-state index contributed by atoms with van der Waals surface area (Å²) in [4.78, 5) is 11.6. The largest absolute Gasteiger partial charge is 0.307 e. The van der Waals surface area contributed by atoms with Crippen LogP contribution in [0.25, 0.3) is 0 Å². The van der Waals surface area contributed by atoms with E-state index < -0.39 is 28.3 Å². The standard InChI is InChI=1S/C8H8Cl2F2N4O/c1-16-4(5(11)12)6(14-15-16)13-7(17)3-2-8(3,9)10/h3,5H,2H2,1H3,(H,13,17). The van der Waals surface area contributed by atoms with Crippen molar-refractivity contribution in [2.45, 2.75) is 17.2 Å². The number of halogens is 4. The van der Waals surface area contributed by atoms with Crippen molar-refractivity contribution >= 4 is 34.9 Å². The summed E-state index contributed by atoms with van der Waals surface area (Å²) in [6.07, 6.45) is -2.48. The monoisotopic (exact) mass is 284 g/mol. The van der Waals surface area contributed by atoms with Gasteiger partial charge in [0.1, 0.15) is 10.0 Å². The molecule has 1 fully saturated rings. The Morgan fingerprint density at radius 2 is 2.24 bits per heavy atom. The van der Waals surface area contributed by atoms with Crippen LogP contribution < -0.4 is 5.32 Å². The highest BCUT2D eigenvalue weighted by atomic mass is 35.5. The third-order valence-corrected chi connectivity index (χ3v) is 3.30. The van der Waals surface area contributed by atoms with Crippen LogP contribution in [0, 0.1) is 5.92 Å². The van der Waals surface area contributed by atoms with Gasteiger partial charge in [-0.15, -0.1) is 28.3 Å². The third kappa shape index (κ3) is 2.35. The van der Waals surface area contributed by atoms with E-state index in [2.05, 4.69) is 15.6 Å². The molecule has 0 bridgehead atoms. The number of nitrogens with one attached hydrogen (secondary N) is 1. The molecule has 1 aliphatic rings. The lowest BCUT2D eigenvalue weighted by Crippen LogP contribution is -2.18. The molecule has 0 aromatic carbocycles. The highest BCUT2D eigenvalue weighted by Crippen LogP contribution is 2.53. The first-order valence-electron chi connectivity index (χ1n) is 4.69. The Hall–Kier alpha value is -0.950. The summed E-state index contributed by atoms with van der Waals surface area (Å²) in [6, 6.07) is 0. The number of aryl methyl sites for hydroxylation is 1. The first-order valence-corrected chi connectivity index (χ1v) is 5.45.